The number of aromatic nitrogens is 2. The molecular formula is C16H15ClN2. The lowest BCUT2D eigenvalue weighted by atomic mass is 10.2. The van der Waals surface area contributed by atoms with Gasteiger partial charge in [0.25, 0.3) is 0 Å². The maximum Gasteiger partial charge on any atom is 0.142 e. The number of fused-ring (bicyclic) bond motifs is 1. The molecule has 0 spiro atoms. The normalized spacial score (nSPS) is 11.4. The molecule has 3 aromatic rings. The van der Waals surface area contributed by atoms with Crippen LogP contribution in [0.25, 0.3) is 22.4 Å². The second-order valence-electron chi connectivity index (χ2n) is 4.87. The molecule has 3 heteroatoms. The second-order valence-corrected chi connectivity index (χ2v) is 5.27. The lowest BCUT2D eigenvalue weighted by molar-refractivity contribution is 0.624. The summed E-state index contributed by atoms with van der Waals surface area (Å²) in [5.41, 5.74) is 3.13. The number of benzene rings is 2. The molecule has 1 heterocycles. The molecule has 0 N–H and O–H groups in total. The predicted octanol–water partition coefficient (Wildman–Crippen LogP) is 4.94. The Balaban J connectivity index is 2.35. The van der Waals surface area contributed by atoms with Crippen molar-refractivity contribution in [2.45, 2.75) is 19.9 Å². The van der Waals surface area contributed by atoms with Crippen molar-refractivity contribution in [1.82, 2.24) is 9.55 Å². The number of para-hydroxylation sites is 2. The van der Waals surface area contributed by atoms with Crippen LogP contribution in [0.4, 0.5) is 0 Å². The summed E-state index contributed by atoms with van der Waals surface area (Å²) in [6.45, 7) is 4.32. The van der Waals surface area contributed by atoms with Gasteiger partial charge in [-0.2, -0.15) is 0 Å². The number of nitrogens with zero attached hydrogens (tertiary/aromatic N) is 2. The SMILES string of the molecule is CC(C)n1c(-c2ccccc2Cl)nc2ccccc21. The van der Waals surface area contributed by atoms with Crippen LogP contribution in [0.1, 0.15) is 19.9 Å². The van der Waals surface area contributed by atoms with Crippen LogP contribution in [0, 0.1) is 0 Å². The summed E-state index contributed by atoms with van der Waals surface area (Å²) in [7, 11) is 0. The molecule has 0 unspecified atom stereocenters. The fourth-order valence-electron chi connectivity index (χ4n) is 2.40. The minimum atomic E-state index is 0.332. The molecule has 0 aliphatic heterocycles. The topological polar surface area (TPSA) is 17.8 Å². The van der Waals surface area contributed by atoms with Gasteiger partial charge in [-0.25, -0.2) is 4.98 Å². The fraction of sp³-hybridized carbons (Fsp3) is 0.188. The lowest BCUT2D eigenvalue weighted by Gasteiger charge is -2.13. The zero-order valence-corrected chi connectivity index (χ0v) is 11.7. The number of hydrogen-bond acceptors (Lipinski definition) is 1. The van der Waals surface area contributed by atoms with Gasteiger partial charge in [0.2, 0.25) is 0 Å². The summed E-state index contributed by atoms with van der Waals surface area (Å²) < 4.78 is 2.23. The first-order chi connectivity index (χ1) is 9.18. The maximum absolute atomic E-state index is 6.31. The van der Waals surface area contributed by atoms with E-state index in [4.69, 9.17) is 16.6 Å². The van der Waals surface area contributed by atoms with Crippen molar-refractivity contribution in [2.24, 2.45) is 0 Å². The zero-order chi connectivity index (χ0) is 13.4. The van der Waals surface area contributed by atoms with Crippen LogP contribution >= 0.6 is 11.6 Å². The van der Waals surface area contributed by atoms with E-state index in [-0.39, 0.29) is 0 Å². The Bertz CT molecular complexity index is 728. The van der Waals surface area contributed by atoms with Crippen LogP contribution in [0.15, 0.2) is 48.5 Å². The Labute approximate surface area is 117 Å². The molecule has 2 aromatic carbocycles. The highest BCUT2D eigenvalue weighted by atomic mass is 35.5. The first-order valence-corrected chi connectivity index (χ1v) is 6.78. The molecule has 19 heavy (non-hydrogen) atoms. The molecule has 0 saturated carbocycles. The third kappa shape index (κ3) is 2.02. The van der Waals surface area contributed by atoms with Crippen LogP contribution in [0.2, 0.25) is 5.02 Å². The molecule has 2 nitrogen and oxygen atoms in total. The zero-order valence-electron chi connectivity index (χ0n) is 11.0. The van der Waals surface area contributed by atoms with Crippen LogP contribution in [0.5, 0.6) is 0 Å². The average Bonchev–Trinajstić information content (AvgIpc) is 2.78. The molecule has 0 amide bonds. The van der Waals surface area contributed by atoms with E-state index in [0.717, 1.165) is 27.4 Å². The van der Waals surface area contributed by atoms with E-state index >= 15 is 0 Å². The predicted molar refractivity (Wildman–Crippen MR) is 80.6 cm³/mol. The van der Waals surface area contributed by atoms with Gasteiger partial charge in [-0.3, -0.25) is 0 Å². The molecular weight excluding hydrogens is 256 g/mol. The molecule has 0 radical (unpaired) electrons. The van der Waals surface area contributed by atoms with Gasteiger partial charge in [-0.05, 0) is 38.1 Å². The Morgan fingerprint density at radius 1 is 1.00 bits per heavy atom. The van der Waals surface area contributed by atoms with Crippen molar-refractivity contribution < 1.29 is 0 Å². The lowest BCUT2D eigenvalue weighted by Crippen LogP contribution is -2.03. The first kappa shape index (κ1) is 12.2. The van der Waals surface area contributed by atoms with Crippen molar-refractivity contribution in [3.05, 3.63) is 53.6 Å². The van der Waals surface area contributed by atoms with Gasteiger partial charge in [0.1, 0.15) is 5.82 Å². The molecule has 0 bridgehead atoms. The Hall–Kier alpha value is -1.80. The van der Waals surface area contributed by atoms with Gasteiger partial charge in [0.05, 0.1) is 16.1 Å². The average molecular weight is 271 g/mol. The summed E-state index contributed by atoms with van der Waals surface area (Å²) in [6, 6.07) is 16.4. The monoisotopic (exact) mass is 270 g/mol. The highest BCUT2D eigenvalue weighted by molar-refractivity contribution is 6.33. The number of imidazole rings is 1. The van der Waals surface area contributed by atoms with Crippen LogP contribution in [0.3, 0.4) is 0 Å². The van der Waals surface area contributed by atoms with E-state index in [1.54, 1.807) is 0 Å². The van der Waals surface area contributed by atoms with Crippen molar-refractivity contribution in [1.29, 1.82) is 0 Å². The summed E-state index contributed by atoms with van der Waals surface area (Å²) in [5.74, 6) is 0.932. The van der Waals surface area contributed by atoms with Crippen LogP contribution in [-0.4, -0.2) is 9.55 Å². The summed E-state index contributed by atoms with van der Waals surface area (Å²) >= 11 is 6.31. The van der Waals surface area contributed by atoms with Crippen LogP contribution in [-0.2, 0) is 0 Å². The molecule has 1 aromatic heterocycles. The molecule has 0 fully saturated rings. The molecule has 0 atom stereocenters. The highest BCUT2D eigenvalue weighted by Gasteiger charge is 2.16. The highest BCUT2D eigenvalue weighted by Crippen LogP contribution is 2.32. The summed E-state index contributed by atoms with van der Waals surface area (Å²) in [4.78, 5) is 4.74. The molecule has 3 rings (SSSR count). The van der Waals surface area contributed by atoms with E-state index in [9.17, 15) is 0 Å². The molecule has 0 aliphatic rings. The van der Waals surface area contributed by atoms with Gasteiger partial charge in [0.15, 0.2) is 0 Å². The Kier molecular flexibility index (Phi) is 3.03. The third-order valence-corrected chi connectivity index (χ3v) is 3.56. The second kappa shape index (κ2) is 4.71. The summed E-state index contributed by atoms with van der Waals surface area (Å²) in [6.07, 6.45) is 0. The van der Waals surface area contributed by atoms with Crippen molar-refractivity contribution >= 4 is 22.6 Å². The summed E-state index contributed by atoms with van der Waals surface area (Å²) in [5, 5.41) is 0.736. The van der Waals surface area contributed by atoms with Gasteiger partial charge in [-0.1, -0.05) is 35.9 Å². The van der Waals surface area contributed by atoms with E-state index in [2.05, 4.69) is 24.5 Å². The van der Waals surface area contributed by atoms with Crippen LogP contribution < -0.4 is 0 Å². The fourth-order valence-corrected chi connectivity index (χ4v) is 2.62. The first-order valence-electron chi connectivity index (χ1n) is 6.40. The van der Waals surface area contributed by atoms with E-state index in [1.165, 1.54) is 0 Å². The minimum absolute atomic E-state index is 0.332. The third-order valence-electron chi connectivity index (χ3n) is 3.23. The molecule has 0 aliphatic carbocycles. The van der Waals surface area contributed by atoms with Gasteiger partial charge >= 0.3 is 0 Å². The quantitative estimate of drug-likeness (QED) is 0.645. The minimum Gasteiger partial charge on any atom is -0.321 e. The van der Waals surface area contributed by atoms with E-state index < -0.39 is 0 Å². The maximum atomic E-state index is 6.31. The van der Waals surface area contributed by atoms with E-state index in [1.807, 2.05) is 42.5 Å². The molecule has 96 valence electrons. The van der Waals surface area contributed by atoms with Crippen molar-refractivity contribution in [2.75, 3.05) is 0 Å². The smallest absolute Gasteiger partial charge is 0.142 e. The van der Waals surface area contributed by atoms with Gasteiger partial charge in [-0.15, -0.1) is 0 Å². The number of halogens is 1. The van der Waals surface area contributed by atoms with Gasteiger partial charge in [0, 0.05) is 11.6 Å². The largest absolute Gasteiger partial charge is 0.321 e. The Morgan fingerprint density at radius 3 is 2.42 bits per heavy atom. The van der Waals surface area contributed by atoms with E-state index in [0.29, 0.717) is 6.04 Å². The van der Waals surface area contributed by atoms with Crippen molar-refractivity contribution in [3.63, 3.8) is 0 Å². The number of rotatable bonds is 2. The standard InChI is InChI=1S/C16H15ClN2/c1-11(2)19-15-10-6-5-9-14(15)18-16(19)12-7-3-4-8-13(12)17/h3-11H,1-2H3. The van der Waals surface area contributed by atoms with Crippen molar-refractivity contribution in [3.8, 4) is 11.4 Å². The Morgan fingerprint density at radius 2 is 1.68 bits per heavy atom. The molecule has 0 saturated heterocycles. The van der Waals surface area contributed by atoms with Gasteiger partial charge < -0.3 is 4.57 Å². The number of hydrogen-bond donors (Lipinski definition) is 0.